The Balaban J connectivity index is 1.90. The van der Waals surface area contributed by atoms with Crippen LogP contribution in [0.5, 0.6) is 0 Å². The van der Waals surface area contributed by atoms with E-state index in [1.807, 2.05) is 37.3 Å². The van der Waals surface area contributed by atoms with Gasteiger partial charge in [-0.3, -0.25) is 8.87 Å². The van der Waals surface area contributed by atoms with Crippen molar-refractivity contribution in [3.8, 4) is 17.2 Å². The first kappa shape index (κ1) is 22.0. The van der Waals surface area contributed by atoms with Crippen molar-refractivity contribution in [2.75, 3.05) is 10.8 Å². The van der Waals surface area contributed by atoms with Crippen LogP contribution in [0, 0.1) is 0 Å². The molecule has 2 aromatic carbocycles. The molecule has 4 aromatic rings. The van der Waals surface area contributed by atoms with Crippen LogP contribution in [0.4, 0.5) is 5.69 Å². The number of anilines is 1. The van der Waals surface area contributed by atoms with Crippen molar-refractivity contribution in [2.45, 2.75) is 24.7 Å². The first-order valence-corrected chi connectivity index (χ1v) is 12.2. The highest BCUT2D eigenvalue weighted by Gasteiger charge is 2.28. The number of nitrogens with zero attached hydrogens (tertiary/aromatic N) is 4. The maximum absolute atomic E-state index is 13.7. The van der Waals surface area contributed by atoms with Gasteiger partial charge in [0.15, 0.2) is 5.82 Å². The van der Waals surface area contributed by atoms with E-state index >= 15 is 0 Å². The molecule has 164 valence electrons. The monoisotopic (exact) mass is 466 g/mol. The summed E-state index contributed by atoms with van der Waals surface area (Å²) in [7, 11) is -3.83. The second kappa shape index (κ2) is 9.54. The molecular weight excluding hydrogens is 444 g/mol. The number of benzene rings is 2. The molecule has 0 bridgehead atoms. The van der Waals surface area contributed by atoms with Crippen LogP contribution in [0.2, 0.25) is 5.02 Å². The summed E-state index contributed by atoms with van der Waals surface area (Å²) in [5, 5.41) is 0.356. The average molecular weight is 467 g/mol. The number of halogens is 1. The van der Waals surface area contributed by atoms with E-state index in [-0.39, 0.29) is 4.90 Å². The van der Waals surface area contributed by atoms with Gasteiger partial charge in [0.05, 0.1) is 15.6 Å². The zero-order chi connectivity index (χ0) is 22.6. The van der Waals surface area contributed by atoms with Crippen LogP contribution < -0.4 is 4.31 Å². The molecule has 0 amide bonds. The van der Waals surface area contributed by atoms with E-state index in [9.17, 15) is 8.42 Å². The second-order valence-electron chi connectivity index (χ2n) is 7.23. The minimum Gasteiger partial charge on any atom is -0.282 e. The molecule has 0 aliphatic rings. The lowest BCUT2D eigenvalue weighted by molar-refractivity contribution is 0.588. The zero-order valence-electron chi connectivity index (χ0n) is 17.6. The van der Waals surface area contributed by atoms with Crippen LogP contribution in [0.1, 0.15) is 19.8 Å². The van der Waals surface area contributed by atoms with E-state index in [0.717, 1.165) is 12.0 Å². The Morgan fingerprint density at radius 3 is 2.38 bits per heavy atom. The fourth-order valence-corrected chi connectivity index (χ4v) is 5.13. The summed E-state index contributed by atoms with van der Waals surface area (Å²) < 4.78 is 30.5. The smallest absolute Gasteiger partial charge is 0.264 e. The molecule has 0 N–H and O–H groups in total. The summed E-state index contributed by atoms with van der Waals surface area (Å²) in [6.07, 6.45) is 6.49. The van der Waals surface area contributed by atoms with E-state index in [4.69, 9.17) is 11.6 Å². The van der Waals surface area contributed by atoms with Gasteiger partial charge in [-0.05, 0) is 24.6 Å². The van der Waals surface area contributed by atoms with Crippen LogP contribution in [0.3, 0.4) is 0 Å². The first-order valence-electron chi connectivity index (χ1n) is 10.3. The van der Waals surface area contributed by atoms with Crippen molar-refractivity contribution < 1.29 is 8.42 Å². The second-order valence-corrected chi connectivity index (χ2v) is 9.53. The quantitative estimate of drug-likeness (QED) is 0.340. The summed E-state index contributed by atoms with van der Waals surface area (Å²) in [6, 6.07) is 19.7. The molecule has 0 saturated carbocycles. The summed E-state index contributed by atoms with van der Waals surface area (Å²) >= 11 is 6.30. The lowest BCUT2D eigenvalue weighted by atomic mass is 10.2. The summed E-state index contributed by atoms with van der Waals surface area (Å²) in [5.74, 6) is 1.11. The highest BCUT2D eigenvalue weighted by molar-refractivity contribution is 7.92. The molecule has 0 aliphatic heterocycles. The molecule has 0 saturated heterocycles. The maximum Gasteiger partial charge on any atom is 0.264 e. The molecule has 0 unspecified atom stereocenters. The van der Waals surface area contributed by atoms with Crippen LogP contribution in [-0.2, 0) is 10.0 Å². The molecule has 0 atom stereocenters. The number of unbranched alkanes of at least 4 members (excludes halogenated alkanes) is 1. The summed E-state index contributed by atoms with van der Waals surface area (Å²) in [6.45, 7) is 2.33. The molecule has 8 heteroatoms. The molecule has 0 spiro atoms. The maximum atomic E-state index is 13.7. The van der Waals surface area contributed by atoms with E-state index in [0.29, 0.717) is 35.3 Å². The van der Waals surface area contributed by atoms with E-state index in [1.165, 1.54) is 10.5 Å². The van der Waals surface area contributed by atoms with Gasteiger partial charge >= 0.3 is 0 Å². The van der Waals surface area contributed by atoms with Gasteiger partial charge in [-0.2, -0.15) is 0 Å². The van der Waals surface area contributed by atoms with Crippen LogP contribution >= 0.6 is 11.6 Å². The fraction of sp³-hybridized carbons (Fsp3) is 0.167. The third-order valence-electron chi connectivity index (χ3n) is 5.03. The number of pyridine rings is 1. The summed E-state index contributed by atoms with van der Waals surface area (Å²) in [4.78, 5) is 9.24. The Kier molecular flexibility index (Phi) is 6.58. The predicted octanol–water partition coefficient (Wildman–Crippen LogP) is 5.58. The standard InChI is InChI=1S/C24H23ClN4O2S/c1-2-3-15-29(32(30,31)21-12-8-5-9-13-21)22-17-20(25)18-27-24(22)28-16-14-26-23(28)19-10-6-4-7-11-19/h4-14,16-18H,2-3,15H2,1H3. The largest absolute Gasteiger partial charge is 0.282 e. The van der Waals surface area contributed by atoms with Crippen LogP contribution in [0.25, 0.3) is 17.2 Å². The number of rotatable bonds is 8. The predicted molar refractivity (Wildman–Crippen MR) is 128 cm³/mol. The molecule has 32 heavy (non-hydrogen) atoms. The Labute approximate surface area is 193 Å². The van der Waals surface area contributed by atoms with E-state index < -0.39 is 10.0 Å². The van der Waals surface area contributed by atoms with Crippen LogP contribution in [-0.4, -0.2) is 29.5 Å². The molecule has 2 heterocycles. The Hall–Kier alpha value is -3.16. The van der Waals surface area contributed by atoms with Gasteiger partial charge in [0.25, 0.3) is 10.0 Å². The molecule has 0 radical (unpaired) electrons. The molecular formula is C24H23ClN4O2S. The van der Waals surface area contributed by atoms with E-state index in [1.54, 1.807) is 53.4 Å². The number of aromatic nitrogens is 3. The van der Waals surface area contributed by atoms with Gasteiger partial charge in [-0.25, -0.2) is 18.4 Å². The fourth-order valence-electron chi connectivity index (χ4n) is 3.46. The number of sulfonamides is 1. The highest BCUT2D eigenvalue weighted by Crippen LogP contribution is 2.33. The third kappa shape index (κ3) is 4.40. The van der Waals surface area contributed by atoms with Crippen molar-refractivity contribution >= 4 is 27.3 Å². The van der Waals surface area contributed by atoms with Crippen LogP contribution in [0.15, 0.2) is 90.2 Å². The molecule has 2 aromatic heterocycles. The minimum atomic E-state index is -3.83. The Morgan fingerprint density at radius 2 is 1.69 bits per heavy atom. The first-order chi connectivity index (χ1) is 15.5. The van der Waals surface area contributed by atoms with Crippen molar-refractivity contribution in [2.24, 2.45) is 0 Å². The number of hydrogen-bond donors (Lipinski definition) is 0. The van der Waals surface area contributed by atoms with Crippen molar-refractivity contribution in [3.05, 3.63) is 90.3 Å². The lowest BCUT2D eigenvalue weighted by Gasteiger charge is -2.26. The Morgan fingerprint density at radius 1 is 1.00 bits per heavy atom. The molecule has 0 fully saturated rings. The minimum absolute atomic E-state index is 0.218. The zero-order valence-corrected chi connectivity index (χ0v) is 19.2. The van der Waals surface area contributed by atoms with Gasteiger partial charge in [0.1, 0.15) is 5.82 Å². The van der Waals surface area contributed by atoms with Crippen molar-refractivity contribution in [1.82, 2.24) is 14.5 Å². The highest BCUT2D eigenvalue weighted by atomic mass is 35.5. The summed E-state index contributed by atoms with van der Waals surface area (Å²) in [5.41, 5.74) is 1.30. The molecule has 0 aliphatic carbocycles. The lowest BCUT2D eigenvalue weighted by Crippen LogP contribution is -2.33. The van der Waals surface area contributed by atoms with Gasteiger partial charge in [0, 0.05) is 30.7 Å². The van der Waals surface area contributed by atoms with Gasteiger partial charge < -0.3 is 0 Å². The Bertz CT molecular complexity index is 1290. The third-order valence-corrected chi connectivity index (χ3v) is 7.06. The van der Waals surface area contributed by atoms with Gasteiger partial charge in [0.2, 0.25) is 0 Å². The van der Waals surface area contributed by atoms with Crippen molar-refractivity contribution in [3.63, 3.8) is 0 Å². The molecule has 6 nitrogen and oxygen atoms in total. The SMILES string of the molecule is CCCCN(c1cc(Cl)cnc1-n1ccnc1-c1ccccc1)S(=O)(=O)c1ccccc1. The van der Waals surface area contributed by atoms with E-state index in [2.05, 4.69) is 9.97 Å². The molecule has 4 rings (SSSR count). The topological polar surface area (TPSA) is 68.1 Å². The average Bonchev–Trinajstić information content (AvgIpc) is 3.30. The van der Waals surface area contributed by atoms with Crippen molar-refractivity contribution in [1.29, 1.82) is 0 Å². The van der Waals surface area contributed by atoms with Gasteiger partial charge in [-0.1, -0.05) is 73.5 Å². The van der Waals surface area contributed by atoms with Gasteiger partial charge in [-0.15, -0.1) is 0 Å². The number of hydrogen-bond acceptors (Lipinski definition) is 4. The normalized spacial score (nSPS) is 11.4. The number of imidazole rings is 1.